The molecule has 40 heavy (non-hydrogen) atoms. The van der Waals surface area contributed by atoms with E-state index >= 15 is 0 Å². The summed E-state index contributed by atoms with van der Waals surface area (Å²) in [5.41, 5.74) is 9.94. The number of hydrogen-bond acceptors (Lipinski definition) is 9. The number of amides is 1. The van der Waals surface area contributed by atoms with E-state index in [9.17, 15) is 4.79 Å². The average molecular weight is 553 g/mol. The van der Waals surface area contributed by atoms with Crippen LogP contribution in [-0.2, 0) is 6.42 Å². The molecule has 4 rings (SSSR count). The molecule has 1 aliphatic heterocycles. The fourth-order valence-electron chi connectivity index (χ4n) is 5.39. The summed E-state index contributed by atoms with van der Waals surface area (Å²) >= 11 is 0. The van der Waals surface area contributed by atoms with Gasteiger partial charge in [0.2, 0.25) is 5.95 Å². The Kier molecular flexibility index (Phi) is 9.62. The van der Waals surface area contributed by atoms with E-state index in [4.69, 9.17) is 15.8 Å². The number of fused-ring (bicyclic) bond motifs is 1. The molecule has 1 unspecified atom stereocenters. The molecule has 12 heteroatoms. The maximum atomic E-state index is 11.0. The van der Waals surface area contributed by atoms with Crippen LogP contribution in [0.15, 0.2) is 18.5 Å². The minimum absolute atomic E-state index is 0.255. The summed E-state index contributed by atoms with van der Waals surface area (Å²) in [6.07, 6.45) is 7.81. The van der Waals surface area contributed by atoms with E-state index in [1.807, 2.05) is 12.4 Å². The Morgan fingerprint density at radius 1 is 1.23 bits per heavy atom. The van der Waals surface area contributed by atoms with Gasteiger partial charge in [0.25, 0.3) is 0 Å². The molecule has 0 spiro atoms. The molecule has 0 aromatic carbocycles. The Hall–Kier alpha value is -3.67. The lowest BCUT2D eigenvalue weighted by molar-refractivity contribution is 0.148. The van der Waals surface area contributed by atoms with Crippen LogP contribution >= 0.6 is 0 Å². The van der Waals surface area contributed by atoms with Gasteiger partial charge in [-0.25, -0.2) is 19.3 Å². The van der Waals surface area contributed by atoms with Gasteiger partial charge in [-0.1, -0.05) is 19.4 Å². The normalized spacial score (nSPS) is 15.1. The van der Waals surface area contributed by atoms with Crippen LogP contribution in [0.2, 0.25) is 0 Å². The number of nitrogen functional groups attached to an aromatic ring is 1. The number of aromatic nitrogens is 5. The highest BCUT2D eigenvalue weighted by Crippen LogP contribution is 2.26. The number of imidazole rings is 1. The Morgan fingerprint density at radius 2 is 1.98 bits per heavy atom. The fraction of sp³-hybridized carbons (Fsp3) is 0.607. The molecule has 3 aromatic heterocycles. The lowest BCUT2D eigenvalue weighted by Crippen LogP contribution is -2.40. The van der Waals surface area contributed by atoms with Crippen molar-refractivity contribution in [1.29, 1.82) is 0 Å². The number of piperidine rings is 1. The molecule has 1 atom stereocenters. The third-order valence-corrected chi connectivity index (χ3v) is 7.68. The molecule has 3 aromatic rings. The van der Waals surface area contributed by atoms with Gasteiger partial charge in [0.15, 0.2) is 11.5 Å². The third-order valence-electron chi connectivity index (χ3n) is 7.68. The number of nitrogens with zero attached hydrogens (tertiary/aromatic N) is 8. The van der Waals surface area contributed by atoms with E-state index in [0.29, 0.717) is 36.3 Å². The lowest BCUT2D eigenvalue weighted by atomic mass is 9.96. The summed E-state index contributed by atoms with van der Waals surface area (Å²) in [5.74, 6) is 2.51. The predicted octanol–water partition coefficient (Wildman–Crippen LogP) is 3.36. The second-order valence-electron chi connectivity index (χ2n) is 11.2. The molecule has 1 fully saturated rings. The molecule has 0 bridgehead atoms. The molecule has 0 radical (unpaired) electrons. The highest BCUT2D eigenvalue weighted by Gasteiger charge is 2.23. The van der Waals surface area contributed by atoms with Gasteiger partial charge in [-0.15, -0.1) is 5.10 Å². The number of carbonyl (C=O) groups is 1. The Bertz CT molecular complexity index is 1290. The Morgan fingerprint density at radius 3 is 2.65 bits per heavy atom. The highest BCUT2D eigenvalue weighted by atomic mass is 16.4. The van der Waals surface area contributed by atoms with Gasteiger partial charge in [-0.3, -0.25) is 0 Å². The SMILES string of the molecule is CCCC(C)Nc1nc(N)c2ncc(Cc3cnc(N4CCC(CN(C)CCN(C)C(=O)O)CC4)c(C)c3)n2n1. The highest BCUT2D eigenvalue weighted by molar-refractivity contribution is 5.64. The quantitative estimate of drug-likeness (QED) is 0.306. The number of aryl methyl sites for hydroxylation is 1. The van der Waals surface area contributed by atoms with Crippen molar-refractivity contribution in [2.24, 2.45) is 5.92 Å². The molecule has 4 heterocycles. The molecular formula is C28H44N10O2. The van der Waals surface area contributed by atoms with Crippen molar-refractivity contribution < 1.29 is 9.90 Å². The van der Waals surface area contributed by atoms with Gasteiger partial charge in [0.05, 0.1) is 11.9 Å². The number of nitrogens with two attached hydrogens (primary N) is 1. The molecule has 1 aliphatic rings. The second-order valence-corrected chi connectivity index (χ2v) is 11.2. The van der Waals surface area contributed by atoms with Crippen LogP contribution in [0.25, 0.3) is 5.65 Å². The van der Waals surface area contributed by atoms with Crippen molar-refractivity contribution in [3.05, 3.63) is 35.3 Å². The van der Waals surface area contributed by atoms with E-state index in [1.165, 1.54) is 4.90 Å². The monoisotopic (exact) mass is 552 g/mol. The zero-order valence-electron chi connectivity index (χ0n) is 24.5. The Balaban J connectivity index is 1.36. The first-order chi connectivity index (χ1) is 19.1. The smallest absolute Gasteiger partial charge is 0.407 e. The topological polar surface area (TPSA) is 141 Å². The van der Waals surface area contributed by atoms with Gasteiger partial charge in [-0.2, -0.15) is 4.98 Å². The third kappa shape index (κ3) is 7.29. The van der Waals surface area contributed by atoms with Crippen molar-refractivity contribution in [3.63, 3.8) is 0 Å². The van der Waals surface area contributed by atoms with Crippen LogP contribution in [0.4, 0.5) is 22.4 Å². The van der Waals surface area contributed by atoms with Crippen LogP contribution in [0.3, 0.4) is 0 Å². The van der Waals surface area contributed by atoms with E-state index < -0.39 is 6.09 Å². The van der Waals surface area contributed by atoms with Crippen molar-refractivity contribution >= 4 is 29.3 Å². The molecule has 218 valence electrons. The van der Waals surface area contributed by atoms with Crippen molar-refractivity contribution in [3.8, 4) is 0 Å². The van der Waals surface area contributed by atoms with Gasteiger partial charge >= 0.3 is 6.09 Å². The van der Waals surface area contributed by atoms with Crippen molar-refractivity contribution in [2.45, 2.75) is 58.9 Å². The standard InChI is InChI=1S/C28H44N10O2/c1-6-7-20(3)32-27-33-24(29)26-31-17-23(38(26)34-27)15-22-14-19(2)25(30-16-22)37-10-8-21(9-11-37)18-35(4)12-13-36(5)28(39)40/h14,16-17,20-21H,6-13,15,18H2,1-5H3,(H,39,40)(H3,29,32,33,34). The van der Waals surface area contributed by atoms with Gasteiger partial charge in [0.1, 0.15) is 5.82 Å². The molecule has 4 N–H and O–H groups in total. The number of likely N-dealkylation sites (N-methyl/N-ethyl adjacent to an activating group) is 2. The molecule has 1 saturated heterocycles. The van der Waals surface area contributed by atoms with Gasteiger partial charge in [-0.05, 0) is 57.2 Å². The van der Waals surface area contributed by atoms with E-state index in [2.05, 4.69) is 64.1 Å². The first-order valence-electron chi connectivity index (χ1n) is 14.2. The largest absolute Gasteiger partial charge is 0.465 e. The zero-order valence-corrected chi connectivity index (χ0v) is 24.5. The molecular weight excluding hydrogens is 508 g/mol. The summed E-state index contributed by atoms with van der Waals surface area (Å²) in [5, 5.41) is 17.1. The first-order valence-corrected chi connectivity index (χ1v) is 14.2. The maximum absolute atomic E-state index is 11.0. The number of hydrogen-bond donors (Lipinski definition) is 3. The first kappa shape index (κ1) is 29.3. The number of carboxylic acid groups (broad SMARTS) is 1. The van der Waals surface area contributed by atoms with Crippen LogP contribution < -0.4 is 16.0 Å². The molecule has 1 amide bonds. The zero-order chi connectivity index (χ0) is 28.8. The van der Waals surface area contributed by atoms with Crippen LogP contribution in [0, 0.1) is 12.8 Å². The maximum Gasteiger partial charge on any atom is 0.407 e. The van der Waals surface area contributed by atoms with Crippen LogP contribution in [0.1, 0.15) is 56.4 Å². The molecule has 0 saturated carbocycles. The van der Waals surface area contributed by atoms with Crippen LogP contribution in [-0.4, -0.2) is 98.4 Å². The van der Waals surface area contributed by atoms with Gasteiger partial charge < -0.3 is 30.9 Å². The van der Waals surface area contributed by atoms with Crippen molar-refractivity contribution in [2.75, 3.05) is 62.8 Å². The Labute approximate surface area is 236 Å². The number of rotatable bonds is 12. The van der Waals surface area contributed by atoms with Crippen molar-refractivity contribution in [1.82, 2.24) is 34.4 Å². The van der Waals surface area contributed by atoms with E-state index in [-0.39, 0.29) is 6.04 Å². The minimum Gasteiger partial charge on any atom is -0.465 e. The number of pyridine rings is 1. The molecule has 12 nitrogen and oxygen atoms in total. The van der Waals surface area contributed by atoms with Gasteiger partial charge in [0, 0.05) is 58.4 Å². The lowest BCUT2D eigenvalue weighted by Gasteiger charge is -2.35. The molecule has 0 aliphatic carbocycles. The number of anilines is 3. The van der Waals surface area contributed by atoms with Crippen LogP contribution in [0.5, 0.6) is 0 Å². The summed E-state index contributed by atoms with van der Waals surface area (Å²) in [4.78, 5) is 30.7. The number of nitrogens with one attached hydrogen (secondary N) is 1. The average Bonchev–Trinajstić information content (AvgIpc) is 3.31. The summed E-state index contributed by atoms with van der Waals surface area (Å²) in [7, 11) is 3.68. The summed E-state index contributed by atoms with van der Waals surface area (Å²) in [6.45, 7) is 10.6. The second kappa shape index (κ2) is 13.1. The summed E-state index contributed by atoms with van der Waals surface area (Å²) < 4.78 is 1.79. The fourth-order valence-corrected chi connectivity index (χ4v) is 5.39. The summed E-state index contributed by atoms with van der Waals surface area (Å²) in [6, 6.07) is 2.46. The minimum atomic E-state index is -0.883. The van der Waals surface area contributed by atoms with E-state index in [0.717, 1.165) is 74.5 Å². The van der Waals surface area contributed by atoms with E-state index in [1.54, 1.807) is 11.6 Å². The predicted molar refractivity (Wildman–Crippen MR) is 158 cm³/mol.